The maximum absolute atomic E-state index is 5.75. The highest BCUT2D eigenvalue weighted by Crippen LogP contribution is 2.30. The Bertz CT molecular complexity index is 644. The molecule has 0 aliphatic carbocycles. The SMILES string of the molecule is C=CCOCC1c2c(ncn2C)CCN1Cc1ccc(C)o1. The lowest BCUT2D eigenvalue weighted by atomic mass is 10.0. The molecule has 0 fully saturated rings. The second-order valence-electron chi connectivity index (χ2n) is 5.76. The van der Waals surface area contributed by atoms with Gasteiger partial charge in [-0.2, -0.15) is 0 Å². The molecular formula is C17H23N3O2. The minimum Gasteiger partial charge on any atom is -0.465 e. The first-order chi connectivity index (χ1) is 10.7. The van der Waals surface area contributed by atoms with Crippen LogP contribution in [0.1, 0.15) is 29.0 Å². The van der Waals surface area contributed by atoms with Crippen molar-refractivity contribution in [3.63, 3.8) is 0 Å². The van der Waals surface area contributed by atoms with Crippen molar-refractivity contribution in [2.45, 2.75) is 25.9 Å². The monoisotopic (exact) mass is 301 g/mol. The molecular weight excluding hydrogens is 278 g/mol. The fourth-order valence-electron chi connectivity index (χ4n) is 3.09. The predicted molar refractivity (Wildman–Crippen MR) is 84.5 cm³/mol. The number of aryl methyl sites for hydroxylation is 2. The molecule has 22 heavy (non-hydrogen) atoms. The Morgan fingerprint density at radius 1 is 1.50 bits per heavy atom. The van der Waals surface area contributed by atoms with Gasteiger partial charge in [-0.3, -0.25) is 4.90 Å². The van der Waals surface area contributed by atoms with Crippen molar-refractivity contribution in [1.82, 2.24) is 14.5 Å². The van der Waals surface area contributed by atoms with E-state index in [0.29, 0.717) is 13.2 Å². The Kier molecular flexibility index (Phi) is 4.45. The van der Waals surface area contributed by atoms with Gasteiger partial charge < -0.3 is 13.7 Å². The highest BCUT2D eigenvalue weighted by Gasteiger charge is 2.31. The zero-order valence-electron chi connectivity index (χ0n) is 13.3. The molecule has 0 aromatic carbocycles. The number of ether oxygens (including phenoxy) is 1. The van der Waals surface area contributed by atoms with Gasteiger partial charge >= 0.3 is 0 Å². The molecule has 118 valence electrons. The molecule has 0 amide bonds. The fourth-order valence-corrected chi connectivity index (χ4v) is 3.09. The molecule has 5 nitrogen and oxygen atoms in total. The van der Waals surface area contributed by atoms with Crippen LogP contribution in [-0.2, 0) is 24.8 Å². The van der Waals surface area contributed by atoms with Crippen LogP contribution in [0.2, 0.25) is 0 Å². The minimum absolute atomic E-state index is 0.196. The van der Waals surface area contributed by atoms with E-state index in [1.807, 2.05) is 26.4 Å². The third kappa shape index (κ3) is 3.00. The van der Waals surface area contributed by atoms with Gasteiger partial charge in [0.2, 0.25) is 0 Å². The number of aromatic nitrogens is 2. The number of imidazole rings is 1. The van der Waals surface area contributed by atoms with E-state index in [1.54, 1.807) is 6.08 Å². The number of nitrogens with zero attached hydrogens (tertiary/aromatic N) is 3. The summed E-state index contributed by atoms with van der Waals surface area (Å²) in [7, 11) is 2.05. The number of fused-ring (bicyclic) bond motifs is 1. The lowest BCUT2D eigenvalue weighted by Gasteiger charge is -2.35. The third-order valence-corrected chi connectivity index (χ3v) is 4.12. The molecule has 0 saturated heterocycles. The molecule has 0 radical (unpaired) electrons. The van der Waals surface area contributed by atoms with Crippen molar-refractivity contribution in [1.29, 1.82) is 0 Å². The van der Waals surface area contributed by atoms with Gasteiger partial charge in [0.05, 0.1) is 43.5 Å². The van der Waals surface area contributed by atoms with E-state index in [-0.39, 0.29) is 6.04 Å². The second-order valence-corrected chi connectivity index (χ2v) is 5.76. The van der Waals surface area contributed by atoms with E-state index < -0.39 is 0 Å². The van der Waals surface area contributed by atoms with Gasteiger partial charge in [-0.05, 0) is 19.1 Å². The predicted octanol–water partition coefficient (Wildman–Crippen LogP) is 2.62. The Labute approximate surface area is 131 Å². The minimum atomic E-state index is 0.196. The molecule has 1 aliphatic rings. The molecule has 5 heteroatoms. The molecule has 3 heterocycles. The second kappa shape index (κ2) is 6.50. The maximum Gasteiger partial charge on any atom is 0.118 e. The average Bonchev–Trinajstić information content (AvgIpc) is 3.08. The summed E-state index contributed by atoms with van der Waals surface area (Å²) in [6.07, 6.45) is 4.65. The van der Waals surface area contributed by atoms with Crippen LogP contribution in [0.5, 0.6) is 0 Å². The zero-order valence-corrected chi connectivity index (χ0v) is 13.3. The van der Waals surface area contributed by atoms with Crippen molar-refractivity contribution in [3.05, 3.63) is 54.0 Å². The summed E-state index contributed by atoms with van der Waals surface area (Å²) >= 11 is 0. The van der Waals surface area contributed by atoms with Crippen LogP contribution in [-0.4, -0.2) is 34.2 Å². The summed E-state index contributed by atoms with van der Waals surface area (Å²) < 4.78 is 13.6. The van der Waals surface area contributed by atoms with Gasteiger partial charge in [-0.15, -0.1) is 6.58 Å². The first-order valence-electron chi connectivity index (χ1n) is 7.67. The summed E-state index contributed by atoms with van der Waals surface area (Å²) in [4.78, 5) is 6.93. The average molecular weight is 301 g/mol. The number of hydrogen-bond acceptors (Lipinski definition) is 4. The standard InChI is InChI=1S/C17H23N3O2/c1-4-9-21-11-16-17-15(18-12-19(17)3)7-8-20(16)10-14-6-5-13(2)22-14/h4-6,12,16H,1,7-11H2,2-3H3. The van der Waals surface area contributed by atoms with Crippen molar-refractivity contribution in [3.8, 4) is 0 Å². The van der Waals surface area contributed by atoms with Crippen LogP contribution in [0.3, 0.4) is 0 Å². The van der Waals surface area contributed by atoms with Crippen LogP contribution in [0, 0.1) is 6.92 Å². The fraction of sp³-hybridized carbons (Fsp3) is 0.471. The van der Waals surface area contributed by atoms with Gasteiger partial charge in [-0.25, -0.2) is 4.98 Å². The van der Waals surface area contributed by atoms with Crippen molar-refractivity contribution in [2.75, 3.05) is 19.8 Å². The molecule has 3 rings (SSSR count). The van der Waals surface area contributed by atoms with Crippen molar-refractivity contribution < 1.29 is 9.15 Å². The van der Waals surface area contributed by atoms with Crippen LogP contribution in [0.4, 0.5) is 0 Å². The molecule has 0 bridgehead atoms. The molecule has 2 aromatic heterocycles. The number of rotatable bonds is 6. The first kappa shape index (κ1) is 15.1. The van der Waals surface area contributed by atoms with E-state index in [9.17, 15) is 0 Å². The van der Waals surface area contributed by atoms with Gasteiger partial charge in [0, 0.05) is 20.0 Å². The molecule has 0 saturated carbocycles. The lowest BCUT2D eigenvalue weighted by Crippen LogP contribution is -2.38. The summed E-state index contributed by atoms with van der Waals surface area (Å²) in [6, 6.07) is 4.26. The Morgan fingerprint density at radius 2 is 2.36 bits per heavy atom. The smallest absolute Gasteiger partial charge is 0.118 e. The molecule has 0 spiro atoms. The summed E-state index contributed by atoms with van der Waals surface area (Å²) in [5.74, 6) is 1.95. The van der Waals surface area contributed by atoms with Crippen LogP contribution in [0.15, 0.2) is 35.5 Å². The maximum atomic E-state index is 5.75. The Morgan fingerprint density at radius 3 is 3.09 bits per heavy atom. The first-order valence-corrected chi connectivity index (χ1v) is 7.67. The van der Waals surface area contributed by atoms with Crippen molar-refractivity contribution >= 4 is 0 Å². The summed E-state index contributed by atoms with van der Waals surface area (Å²) in [5.41, 5.74) is 2.43. The van der Waals surface area contributed by atoms with Gasteiger partial charge in [0.25, 0.3) is 0 Å². The van der Waals surface area contributed by atoms with Gasteiger partial charge in [0.15, 0.2) is 0 Å². The highest BCUT2D eigenvalue weighted by molar-refractivity contribution is 5.22. The normalized spacial score (nSPS) is 18.4. The highest BCUT2D eigenvalue weighted by atomic mass is 16.5. The number of furan rings is 1. The van der Waals surface area contributed by atoms with E-state index in [4.69, 9.17) is 9.15 Å². The zero-order chi connectivity index (χ0) is 15.5. The van der Waals surface area contributed by atoms with Crippen LogP contribution < -0.4 is 0 Å². The van der Waals surface area contributed by atoms with E-state index in [1.165, 1.54) is 11.4 Å². The topological polar surface area (TPSA) is 43.4 Å². The lowest BCUT2D eigenvalue weighted by molar-refractivity contribution is 0.0548. The van der Waals surface area contributed by atoms with Crippen LogP contribution in [0.25, 0.3) is 0 Å². The Balaban J connectivity index is 1.81. The quantitative estimate of drug-likeness (QED) is 0.608. The molecule has 0 N–H and O–H groups in total. The van der Waals surface area contributed by atoms with E-state index in [2.05, 4.69) is 27.1 Å². The van der Waals surface area contributed by atoms with E-state index >= 15 is 0 Å². The number of hydrogen-bond donors (Lipinski definition) is 0. The van der Waals surface area contributed by atoms with Gasteiger partial charge in [0.1, 0.15) is 11.5 Å². The van der Waals surface area contributed by atoms with E-state index in [0.717, 1.165) is 31.0 Å². The molecule has 1 aliphatic heterocycles. The van der Waals surface area contributed by atoms with Gasteiger partial charge in [-0.1, -0.05) is 6.08 Å². The summed E-state index contributed by atoms with van der Waals surface area (Å²) in [5, 5.41) is 0. The molecule has 1 atom stereocenters. The molecule has 1 unspecified atom stereocenters. The third-order valence-electron chi connectivity index (χ3n) is 4.12. The molecule has 2 aromatic rings. The largest absolute Gasteiger partial charge is 0.465 e. The van der Waals surface area contributed by atoms with Crippen molar-refractivity contribution in [2.24, 2.45) is 7.05 Å². The summed E-state index contributed by atoms with van der Waals surface area (Å²) in [6.45, 7) is 8.65. The Hall–Kier alpha value is -1.85. The van der Waals surface area contributed by atoms with Crippen LogP contribution >= 0.6 is 0 Å².